The van der Waals surface area contributed by atoms with Gasteiger partial charge < -0.3 is 14.2 Å². The first kappa shape index (κ1) is 20.2. The summed E-state index contributed by atoms with van der Waals surface area (Å²) in [7, 11) is 1.68. The summed E-state index contributed by atoms with van der Waals surface area (Å²) in [4.78, 5) is 0. The summed E-state index contributed by atoms with van der Waals surface area (Å²) >= 11 is 0. The first-order valence-electron chi connectivity index (χ1n) is 9.00. The number of unbranched alkanes of at least 4 members (excludes halogenated alkanes) is 3. The van der Waals surface area contributed by atoms with Crippen molar-refractivity contribution >= 4 is 0 Å². The van der Waals surface area contributed by atoms with E-state index in [9.17, 15) is 8.78 Å². The van der Waals surface area contributed by atoms with E-state index >= 15 is 0 Å². The van der Waals surface area contributed by atoms with Crippen LogP contribution in [-0.4, -0.2) is 26.9 Å². The van der Waals surface area contributed by atoms with Crippen LogP contribution in [0.3, 0.4) is 0 Å². The van der Waals surface area contributed by atoms with Crippen LogP contribution >= 0.6 is 0 Å². The van der Waals surface area contributed by atoms with Gasteiger partial charge in [-0.1, -0.05) is 18.6 Å². The highest BCUT2D eigenvalue weighted by Gasteiger charge is 2.15. The minimum Gasteiger partial charge on any atom is -0.494 e. The first-order valence-corrected chi connectivity index (χ1v) is 9.00. The zero-order valence-corrected chi connectivity index (χ0v) is 15.4. The third-order valence-electron chi connectivity index (χ3n) is 4.02. The standard InChI is InChI=1S/C21H26F2O3/c1-3-25-17-10-8-16(9-11-17)18-12-13-19(21(23)20(18)22)26-15-7-5-4-6-14-24-2/h8-13H,3-7,14-15H2,1-2H3. The van der Waals surface area contributed by atoms with Gasteiger partial charge in [-0.05, 0) is 56.0 Å². The Hall–Kier alpha value is -2.14. The van der Waals surface area contributed by atoms with Gasteiger partial charge in [0.1, 0.15) is 5.75 Å². The smallest absolute Gasteiger partial charge is 0.201 e. The maximum absolute atomic E-state index is 14.4. The Morgan fingerprint density at radius 3 is 2.12 bits per heavy atom. The molecule has 0 N–H and O–H groups in total. The number of halogens is 2. The van der Waals surface area contributed by atoms with Crippen molar-refractivity contribution in [2.24, 2.45) is 0 Å². The number of rotatable bonds is 11. The Morgan fingerprint density at radius 2 is 1.46 bits per heavy atom. The van der Waals surface area contributed by atoms with Crippen molar-refractivity contribution in [1.82, 2.24) is 0 Å². The summed E-state index contributed by atoms with van der Waals surface area (Å²) in [6.45, 7) is 3.56. The van der Waals surface area contributed by atoms with Crippen LogP contribution in [-0.2, 0) is 4.74 Å². The van der Waals surface area contributed by atoms with Crippen LogP contribution in [0.1, 0.15) is 32.6 Å². The average molecular weight is 364 g/mol. The molecule has 0 heterocycles. The Balaban J connectivity index is 1.95. The molecular formula is C21H26F2O3. The van der Waals surface area contributed by atoms with Crippen molar-refractivity contribution < 1.29 is 23.0 Å². The fourth-order valence-electron chi connectivity index (χ4n) is 2.65. The predicted octanol–water partition coefficient (Wildman–Crippen LogP) is 5.62. The van der Waals surface area contributed by atoms with Gasteiger partial charge in [-0.3, -0.25) is 0 Å². The Morgan fingerprint density at radius 1 is 0.769 bits per heavy atom. The van der Waals surface area contributed by atoms with E-state index in [-0.39, 0.29) is 11.3 Å². The molecule has 5 heteroatoms. The monoisotopic (exact) mass is 364 g/mol. The van der Waals surface area contributed by atoms with E-state index in [0.717, 1.165) is 32.3 Å². The van der Waals surface area contributed by atoms with Crippen molar-refractivity contribution in [3.8, 4) is 22.6 Å². The van der Waals surface area contributed by atoms with Crippen LogP contribution < -0.4 is 9.47 Å². The van der Waals surface area contributed by atoms with Crippen molar-refractivity contribution in [1.29, 1.82) is 0 Å². The molecular weight excluding hydrogens is 338 g/mol. The Labute approximate surface area is 153 Å². The molecule has 142 valence electrons. The fourth-order valence-corrected chi connectivity index (χ4v) is 2.65. The Kier molecular flexibility index (Phi) is 8.35. The van der Waals surface area contributed by atoms with Gasteiger partial charge in [0.25, 0.3) is 0 Å². The molecule has 0 fully saturated rings. The minimum absolute atomic E-state index is 0.0472. The predicted molar refractivity (Wildman–Crippen MR) is 98.8 cm³/mol. The molecule has 2 aromatic rings. The number of methoxy groups -OCH3 is 1. The molecule has 0 aliphatic rings. The van der Waals surface area contributed by atoms with E-state index < -0.39 is 11.6 Å². The van der Waals surface area contributed by atoms with Gasteiger partial charge in [0.2, 0.25) is 5.82 Å². The van der Waals surface area contributed by atoms with E-state index in [0.29, 0.717) is 24.5 Å². The summed E-state index contributed by atoms with van der Waals surface area (Å²) < 4.78 is 44.4. The summed E-state index contributed by atoms with van der Waals surface area (Å²) in [6.07, 6.45) is 3.80. The molecule has 0 radical (unpaired) electrons. The van der Waals surface area contributed by atoms with Crippen molar-refractivity contribution in [3.05, 3.63) is 48.0 Å². The summed E-state index contributed by atoms with van der Waals surface area (Å²) in [6, 6.07) is 9.93. The van der Waals surface area contributed by atoms with Gasteiger partial charge in [-0.2, -0.15) is 4.39 Å². The molecule has 0 saturated heterocycles. The lowest BCUT2D eigenvalue weighted by Crippen LogP contribution is -2.02. The molecule has 0 amide bonds. The summed E-state index contributed by atoms with van der Waals surface area (Å²) in [5.74, 6) is -1.20. The third-order valence-corrected chi connectivity index (χ3v) is 4.02. The molecule has 0 saturated carbocycles. The first-order chi connectivity index (χ1) is 12.7. The second-order valence-electron chi connectivity index (χ2n) is 5.95. The molecule has 2 rings (SSSR count). The maximum atomic E-state index is 14.4. The van der Waals surface area contributed by atoms with E-state index in [4.69, 9.17) is 14.2 Å². The molecule has 3 nitrogen and oxygen atoms in total. The molecule has 26 heavy (non-hydrogen) atoms. The molecule has 0 bridgehead atoms. The maximum Gasteiger partial charge on any atom is 0.201 e. The van der Waals surface area contributed by atoms with Gasteiger partial charge in [0, 0.05) is 19.3 Å². The molecule has 0 aromatic heterocycles. The fraction of sp³-hybridized carbons (Fsp3) is 0.429. The normalized spacial score (nSPS) is 10.8. The lowest BCUT2D eigenvalue weighted by Gasteiger charge is -2.11. The summed E-state index contributed by atoms with van der Waals surface area (Å²) in [5.41, 5.74) is 0.798. The highest BCUT2D eigenvalue weighted by molar-refractivity contribution is 5.66. The second kappa shape index (κ2) is 10.8. The van der Waals surface area contributed by atoms with Crippen molar-refractivity contribution in [2.75, 3.05) is 26.9 Å². The van der Waals surface area contributed by atoms with Crippen LogP contribution in [0.15, 0.2) is 36.4 Å². The van der Waals surface area contributed by atoms with E-state index in [1.54, 1.807) is 37.4 Å². The van der Waals surface area contributed by atoms with Gasteiger partial charge >= 0.3 is 0 Å². The van der Waals surface area contributed by atoms with Crippen LogP contribution in [0.25, 0.3) is 11.1 Å². The number of ether oxygens (including phenoxy) is 3. The second-order valence-corrected chi connectivity index (χ2v) is 5.95. The average Bonchev–Trinajstić information content (AvgIpc) is 2.65. The molecule has 0 aliphatic heterocycles. The number of hydrogen-bond donors (Lipinski definition) is 0. The van der Waals surface area contributed by atoms with Gasteiger partial charge in [0.15, 0.2) is 11.6 Å². The molecule has 0 aliphatic carbocycles. The molecule has 0 atom stereocenters. The SMILES string of the molecule is CCOc1ccc(-c2ccc(OCCCCCCOC)c(F)c2F)cc1. The van der Waals surface area contributed by atoms with Gasteiger partial charge in [-0.25, -0.2) is 4.39 Å². The molecule has 0 spiro atoms. The lowest BCUT2D eigenvalue weighted by molar-refractivity contribution is 0.190. The zero-order valence-electron chi connectivity index (χ0n) is 15.4. The number of benzene rings is 2. The molecule has 0 unspecified atom stereocenters. The minimum atomic E-state index is -0.948. The van der Waals surface area contributed by atoms with Gasteiger partial charge in [-0.15, -0.1) is 0 Å². The van der Waals surface area contributed by atoms with Crippen LogP contribution in [0.2, 0.25) is 0 Å². The van der Waals surface area contributed by atoms with E-state index in [1.807, 2.05) is 6.92 Å². The van der Waals surface area contributed by atoms with Crippen molar-refractivity contribution in [3.63, 3.8) is 0 Å². The van der Waals surface area contributed by atoms with Crippen LogP contribution in [0, 0.1) is 11.6 Å². The molecule has 2 aromatic carbocycles. The summed E-state index contributed by atoms with van der Waals surface area (Å²) in [5, 5.41) is 0. The van der Waals surface area contributed by atoms with Crippen LogP contribution in [0.5, 0.6) is 11.5 Å². The lowest BCUT2D eigenvalue weighted by atomic mass is 10.0. The van der Waals surface area contributed by atoms with Crippen LogP contribution in [0.4, 0.5) is 8.78 Å². The number of hydrogen-bond acceptors (Lipinski definition) is 3. The third kappa shape index (κ3) is 5.70. The highest BCUT2D eigenvalue weighted by atomic mass is 19.2. The zero-order chi connectivity index (χ0) is 18.8. The van der Waals surface area contributed by atoms with E-state index in [1.165, 1.54) is 6.07 Å². The largest absolute Gasteiger partial charge is 0.494 e. The Bertz CT molecular complexity index is 672. The van der Waals surface area contributed by atoms with Crippen molar-refractivity contribution in [2.45, 2.75) is 32.6 Å². The quantitative estimate of drug-likeness (QED) is 0.485. The van der Waals surface area contributed by atoms with E-state index in [2.05, 4.69) is 0 Å². The highest BCUT2D eigenvalue weighted by Crippen LogP contribution is 2.31. The van der Waals surface area contributed by atoms with Gasteiger partial charge in [0.05, 0.1) is 13.2 Å². The topological polar surface area (TPSA) is 27.7 Å².